The highest BCUT2D eigenvalue weighted by Gasteiger charge is 2.42. The van der Waals surface area contributed by atoms with E-state index in [1.807, 2.05) is 0 Å². The fourth-order valence-corrected chi connectivity index (χ4v) is 6.54. The highest BCUT2D eigenvalue weighted by molar-refractivity contribution is 8.02. The molecule has 0 spiro atoms. The molecule has 0 heterocycles. The van der Waals surface area contributed by atoms with E-state index in [9.17, 15) is 0 Å². The van der Waals surface area contributed by atoms with E-state index in [2.05, 4.69) is 23.9 Å². The molecule has 3 heteroatoms. The lowest BCUT2D eigenvalue weighted by atomic mass is 9.84. The largest absolute Gasteiger partial charge is 0.198 e. The highest BCUT2D eigenvalue weighted by Crippen LogP contribution is 2.54. The van der Waals surface area contributed by atoms with E-state index in [0.29, 0.717) is 22.3 Å². The Morgan fingerprint density at radius 2 is 1.05 bits per heavy atom. The molecule has 2 rings (SSSR count). The minimum absolute atomic E-state index is 0.334. The van der Waals surface area contributed by atoms with Crippen molar-refractivity contribution in [3.63, 3.8) is 0 Å². The van der Waals surface area contributed by atoms with Crippen LogP contribution in [0, 0.1) is 22.7 Å². The Labute approximate surface area is 134 Å². The molecule has 0 amide bonds. The lowest BCUT2D eigenvalue weighted by molar-refractivity contribution is 0.348. The normalized spacial score (nSPS) is 23.9. The van der Waals surface area contributed by atoms with E-state index in [4.69, 9.17) is 10.5 Å². The van der Waals surface area contributed by atoms with Gasteiger partial charge in [-0.1, -0.05) is 38.5 Å². The van der Waals surface area contributed by atoms with E-state index in [1.165, 1.54) is 64.2 Å². The summed E-state index contributed by atoms with van der Waals surface area (Å²) in [6.07, 6.45) is 16.7. The molecular weight excluding hydrogens is 276 g/mol. The van der Waals surface area contributed by atoms with Gasteiger partial charge in [0.25, 0.3) is 0 Å². The average molecular weight is 305 g/mol. The number of rotatable bonds is 6. The van der Waals surface area contributed by atoms with E-state index in [1.54, 1.807) is 0 Å². The third-order valence-corrected chi connectivity index (χ3v) is 7.44. The van der Waals surface area contributed by atoms with Crippen LogP contribution in [0.4, 0.5) is 0 Å². The summed E-state index contributed by atoms with van der Waals surface area (Å²) in [4.78, 5) is 0. The van der Waals surface area contributed by atoms with Crippen molar-refractivity contribution in [1.82, 2.24) is 0 Å². The molecule has 0 aromatic rings. The van der Waals surface area contributed by atoms with Crippen molar-refractivity contribution >= 4 is 11.8 Å². The van der Waals surface area contributed by atoms with Crippen LogP contribution >= 0.6 is 11.8 Å². The molecule has 2 aliphatic rings. The number of hydrogen-bond acceptors (Lipinski definition) is 3. The SMILES string of the molecule is N#CCCC1(SC2(CCC#N)CCCCC2)CCCCC1. The smallest absolute Gasteiger partial charge is 0.0622 e. The Bertz CT molecular complexity index is 354. The number of nitriles is 2. The summed E-state index contributed by atoms with van der Waals surface area (Å²) in [7, 11) is 0. The van der Waals surface area contributed by atoms with Crippen molar-refractivity contribution in [1.29, 1.82) is 10.5 Å². The predicted molar refractivity (Wildman–Crippen MR) is 88.9 cm³/mol. The van der Waals surface area contributed by atoms with Gasteiger partial charge in [0.2, 0.25) is 0 Å². The van der Waals surface area contributed by atoms with Gasteiger partial charge < -0.3 is 0 Å². The molecule has 0 saturated heterocycles. The molecule has 0 aromatic carbocycles. The van der Waals surface area contributed by atoms with Crippen molar-refractivity contribution < 1.29 is 0 Å². The van der Waals surface area contributed by atoms with Crippen molar-refractivity contribution in [3.05, 3.63) is 0 Å². The van der Waals surface area contributed by atoms with Crippen LogP contribution in [0.1, 0.15) is 89.9 Å². The molecule has 0 radical (unpaired) electrons. The Morgan fingerprint density at radius 1 is 0.667 bits per heavy atom. The van der Waals surface area contributed by atoms with Gasteiger partial charge in [-0.2, -0.15) is 10.5 Å². The van der Waals surface area contributed by atoms with Gasteiger partial charge in [-0.05, 0) is 38.5 Å². The monoisotopic (exact) mass is 304 g/mol. The minimum Gasteiger partial charge on any atom is -0.198 e. The van der Waals surface area contributed by atoms with Gasteiger partial charge in [-0.15, -0.1) is 11.8 Å². The van der Waals surface area contributed by atoms with E-state index in [0.717, 1.165) is 12.8 Å². The van der Waals surface area contributed by atoms with Crippen LogP contribution < -0.4 is 0 Å². The van der Waals surface area contributed by atoms with Gasteiger partial charge in [0.05, 0.1) is 12.1 Å². The van der Waals surface area contributed by atoms with Crippen molar-refractivity contribution in [2.24, 2.45) is 0 Å². The molecule has 0 aliphatic heterocycles. The van der Waals surface area contributed by atoms with E-state index in [-0.39, 0.29) is 0 Å². The second kappa shape index (κ2) is 8.09. The maximum absolute atomic E-state index is 9.02. The van der Waals surface area contributed by atoms with Crippen LogP contribution in [-0.2, 0) is 0 Å². The quantitative estimate of drug-likeness (QED) is 0.629. The molecule has 0 aromatic heterocycles. The lowest BCUT2D eigenvalue weighted by Crippen LogP contribution is -2.38. The highest BCUT2D eigenvalue weighted by atomic mass is 32.2. The molecule has 2 nitrogen and oxygen atoms in total. The maximum atomic E-state index is 9.02. The van der Waals surface area contributed by atoms with E-state index >= 15 is 0 Å². The Morgan fingerprint density at radius 3 is 1.38 bits per heavy atom. The molecule has 116 valence electrons. The van der Waals surface area contributed by atoms with Gasteiger partial charge >= 0.3 is 0 Å². The lowest BCUT2D eigenvalue weighted by Gasteiger charge is -2.47. The number of thioether (sulfide) groups is 1. The molecule has 2 fully saturated rings. The zero-order valence-corrected chi connectivity index (χ0v) is 14.0. The summed E-state index contributed by atoms with van der Waals surface area (Å²) in [5, 5.41) is 18.0. The second-order valence-corrected chi connectivity index (χ2v) is 8.84. The molecule has 0 bridgehead atoms. The van der Waals surface area contributed by atoms with E-state index < -0.39 is 0 Å². The van der Waals surface area contributed by atoms with Gasteiger partial charge in [-0.25, -0.2) is 0 Å². The predicted octanol–water partition coefficient (Wildman–Crippen LogP) is 5.73. The van der Waals surface area contributed by atoms with Gasteiger partial charge in [0.15, 0.2) is 0 Å². The summed E-state index contributed by atoms with van der Waals surface area (Å²) < 4.78 is 0.668. The standard InChI is InChI=1S/C18H28N2S/c19-15-7-13-17(9-3-1-4-10-17)21-18(14-8-16-20)11-5-2-6-12-18/h1-14H2. The number of nitrogens with zero attached hydrogens (tertiary/aromatic N) is 2. The summed E-state index contributed by atoms with van der Waals surface area (Å²) in [6, 6.07) is 4.73. The van der Waals surface area contributed by atoms with Crippen molar-refractivity contribution in [2.75, 3.05) is 0 Å². The molecule has 2 aliphatic carbocycles. The first kappa shape index (κ1) is 16.7. The molecule has 0 unspecified atom stereocenters. The average Bonchev–Trinajstić information content (AvgIpc) is 2.53. The summed E-state index contributed by atoms with van der Waals surface area (Å²) >= 11 is 2.21. The van der Waals surface area contributed by atoms with Crippen LogP contribution in [0.5, 0.6) is 0 Å². The fraction of sp³-hybridized carbons (Fsp3) is 0.889. The van der Waals surface area contributed by atoms with Gasteiger partial charge in [-0.3, -0.25) is 0 Å². The molecule has 2 saturated carbocycles. The number of hydrogen-bond donors (Lipinski definition) is 0. The Kier molecular flexibility index (Phi) is 6.43. The van der Waals surface area contributed by atoms with Crippen LogP contribution in [0.3, 0.4) is 0 Å². The summed E-state index contributed by atoms with van der Waals surface area (Å²) in [5.74, 6) is 0. The first-order valence-electron chi connectivity index (χ1n) is 8.68. The maximum Gasteiger partial charge on any atom is 0.0622 e. The first-order valence-corrected chi connectivity index (χ1v) is 9.50. The third kappa shape index (κ3) is 4.65. The van der Waals surface area contributed by atoms with Gasteiger partial charge in [0, 0.05) is 22.3 Å². The Hall–Kier alpha value is -0.670. The van der Waals surface area contributed by atoms with Crippen LogP contribution in [-0.4, -0.2) is 9.49 Å². The topological polar surface area (TPSA) is 47.6 Å². The third-order valence-electron chi connectivity index (χ3n) is 5.35. The first-order chi connectivity index (χ1) is 10.2. The fourth-order valence-electron chi connectivity index (χ4n) is 4.23. The second-order valence-electron chi connectivity index (χ2n) is 6.91. The summed E-state index contributed by atoms with van der Waals surface area (Å²) in [5.41, 5.74) is 0. The van der Waals surface area contributed by atoms with Crippen molar-refractivity contribution in [2.45, 2.75) is 99.4 Å². The molecule has 0 atom stereocenters. The van der Waals surface area contributed by atoms with Crippen LogP contribution in [0.2, 0.25) is 0 Å². The van der Waals surface area contributed by atoms with Gasteiger partial charge in [0.1, 0.15) is 0 Å². The molecule has 21 heavy (non-hydrogen) atoms. The zero-order valence-electron chi connectivity index (χ0n) is 13.2. The minimum atomic E-state index is 0.334. The Balaban J connectivity index is 2.10. The summed E-state index contributed by atoms with van der Waals surface area (Å²) in [6.45, 7) is 0. The van der Waals surface area contributed by atoms with Crippen molar-refractivity contribution in [3.8, 4) is 12.1 Å². The zero-order chi connectivity index (χ0) is 15.0. The molecule has 0 N–H and O–H groups in total. The van der Waals surface area contributed by atoms with Crippen LogP contribution in [0.25, 0.3) is 0 Å². The van der Waals surface area contributed by atoms with Crippen LogP contribution in [0.15, 0.2) is 0 Å². The molecular formula is C18H28N2S.